The normalized spacial score (nSPS) is 16.0. The van der Waals surface area contributed by atoms with E-state index in [1.165, 1.54) is 15.4 Å². The smallest absolute Gasteiger partial charge is 0.0553 e. The predicted octanol–water partition coefficient (Wildman–Crippen LogP) is 2.21. The topological polar surface area (TPSA) is 39.6 Å². The van der Waals surface area contributed by atoms with Gasteiger partial charge in [0.2, 0.25) is 0 Å². The standard InChI is InChI=1S/C18H25N3OS/c1-20-9-11-21(12-10-20)16-4-2-15(19-14-16)3-5-17-6-7-18(23-17)8-13-22/h2,4,6-7,14,22H,3,5,8-13H2,1H3. The van der Waals surface area contributed by atoms with Crippen molar-refractivity contribution >= 4 is 17.0 Å². The molecule has 0 bridgehead atoms. The molecule has 0 atom stereocenters. The Morgan fingerprint density at radius 3 is 2.39 bits per heavy atom. The molecule has 5 heteroatoms. The number of aliphatic hydroxyl groups excluding tert-OH is 1. The molecule has 0 radical (unpaired) electrons. The quantitative estimate of drug-likeness (QED) is 0.881. The van der Waals surface area contributed by atoms with Crippen molar-refractivity contribution < 1.29 is 5.11 Å². The molecule has 0 saturated carbocycles. The van der Waals surface area contributed by atoms with Crippen LogP contribution in [0.15, 0.2) is 30.5 Å². The zero-order valence-corrected chi connectivity index (χ0v) is 14.6. The first-order chi connectivity index (χ1) is 11.2. The molecule has 0 aliphatic carbocycles. The van der Waals surface area contributed by atoms with Gasteiger partial charge in [-0.3, -0.25) is 4.98 Å². The molecule has 3 heterocycles. The van der Waals surface area contributed by atoms with E-state index in [0.717, 1.165) is 51.1 Å². The van der Waals surface area contributed by atoms with Gasteiger partial charge in [0.1, 0.15) is 0 Å². The molecule has 0 spiro atoms. The second-order valence-electron chi connectivity index (χ2n) is 6.14. The lowest BCUT2D eigenvalue weighted by Gasteiger charge is -2.33. The van der Waals surface area contributed by atoms with Crippen LogP contribution in [0.25, 0.3) is 0 Å². The summed E-state index contributed by atoms with van der Waals surface area (Å²) in [6.07, 6.45) is 4.79. The molecule has 23 heavy (non-hydrogen) atoms. The van der Waals surface area contributed by atoms with Crippen molar-refractivity contribution in [3.63, 3.8) is 0 Å². The molecule has 0 unspecified atom stereocenters. The predicted molar refractivity (Wildman–Crippen MR) is 96.5 cm³/mol. The largest absolute Gasteiger partial charge is 0.396 e. The van der Waals surface area contributed by atoms with Crippen LogP contribution in [0.4, 0.5) is 5.69 Å². The van der Waals surface area contributed by atoms with E-state index in [2.05, 4.69) is 46.1 Å². The second kappa shape index (κ2) is 7.90. The number of hydrogen-bond acceptors (Lipinski definition) is 5. The highest BCUT2D eigenvalue weighted by molar-refractivity contribution is 7.11. The molecule has 1 aliphatic rings. The maximum atomic E-state index is 8.97. The number of nitrogens with zero attached hydrogens (tertiary/aromatic N) is 3. The van der Waals surface area contributed by atoms with Crippen LogP contribution in [0, 0.1) is 0 Å². The number of rotatable bonds is 6. The van der Waals surface area contributed by atoms with Crippen molar-refractivity contribution in [3.8, 4) is 0 Å². The number of aryl methyl sites for hydroxylation is 2. The fourth-order valence-electron chi connectivity index (χ4n) is 2.87. The monoisotopic (exact) mass is 331 g/mol. The molecule has 1 saturated heterocycles. The summed E-state index contributed by atoms with van der Waals surface area (Å²) in [7, 11) is 2.18. The summed E-state index contributed by atoms with van der Waals surface area (Å²) in [6.45, 7) is 4.64. The number of thiophene rings is 1. The first-order valence-electron chi connectivity index (χ1n) is 8.31. The summed E-state index contributed by atoms with van der Waals surface area (Å²) in [5.74, 6) is 0. The summed E-state index contributed by atoms with van der Waals surface area (Å²) in [6, 6.07) is 8.67. The van der Waals surface area contributed by atoms with Gasteiger partial charge in [-0.15, -0.1) is 11.3 Å². The van der Waals surface area contributed by atoms with Crippen LogP contribution in [-0.2, 0) is 19.3 Å². The third kappa shape index (κ3) is 4.53. The van der Waals surface area contributed by atoms with Crippen LogP contribution in [0.2, 0.25) is 0 Å². The van der Waals surface area contributed by atoms with Crippen molar-refractivity contribution in [1.29, 1.82) is 0 Å². The van der Waals surface area contributed by atoms with Crippen molar-refractivity contribution in [2.75, 3.05) is 44.7 Å². The molecule has 4 nitrogen and oxygen atoms in total. The molecule has 0 aromatic carbocycles. The number of aromatic nitrogens is 1. The summed E-state index contributed by atoms with van der Waals surface area (Å²) in [5, 5.41) is 8.97. The van der Waals surface area contributed by atoms with Gasteiger partial charge in [-0.1, -0.05) is 0 Å². The summed E-state index contributed by atoms with van der Waals surface area (Å²) in [5.41, 5.74) is 2.39. The van der Waals surface area contributed by atoms with Crippen molar-refractivity contribution in [3.05, 3.63) is 45.9 Å². The molecule has 2 aromatic rings. The van der Waals surface area contributed by atoms with Gasteiger partial charge in [0.25, 0.3) is 0 Å². The van der Waals surface area contributed by atoms with Gasteiger partial charge >= 0.3 is 0 Å². The van der Waals surface area contributed by atoms with Gasteiger partial charge in [0.15, 0.2) is 0 Å². The maximum Gasteiger partial charge on any atom is 0.0553 e. The zero-order chi connectivity index (χ0) is 16.1. The van der Waals surface area contributed by atoms with Crippen LogP contribution in [0.5, 0.6) is 0 Å². The van der Waals surface area contributed by atoms with Crippen LogP contribution >= 0.6 is 11.3 Å². The molecular weight excluding hydrogens is 306 g/mol. The summed E-state index contributed by atoms with van der Waals surface area (Å²) < 4.78 is 0. The van der Waals surface area contributed by atoms with E-state index in [1.54, 1.807) is 11.3 Å². The molecular formula is C18H25N3OS. The minimum atomic E-state index is 0.231. The Hall–Kier alpha value is -1.43. The van der Waals surface area contributed by atoms with E-state index in [9.17, 15) is 0 Å². The van der Waals surface area contributed by atoms with Gasteiger partial charge in [0, 0.05) is 54.7 Å². The summed E-state index contributed by atoms with van der Waals surface area (Å²) in [4.78, 5) is 12.1. The van der Waals surface area contributed by atoms with E-state index in [-0.39, 0.29) is 6.61 Å². The zero-order valence-electron chi connectivity index (χ0n) is 13.7. The lowest BCUT2D eigenvalue weighted by atomic mass is 10.2. The van der Waals surface area contributed by atoms with E-state index < -0.39 is 0 Å². The number of anilines is 1. The molecule has 0 amide bonds. The van der Waals surface area contributed by atoms with Gasteiger partial charge in [0.05, 0.1) is 11.9 Å². The Balaban J connectivity index is 1.52. The van der Waals surface area contributed by atoms with Crippen LogP contribution < -0.4 is 4.90 Å². The highest BCUT2D eigenvalue weighted by Crippen LogP contribution is 2.20. The van der Waals surface area contributed by atoms with Gasteiger partial charge in [-0.25, -0.2) is 0 Å². The minimum Gasteiger partial charge on any atom is -0.396 e. The lowest BCUT2D eigenvalue weighted by molar-refractivity contribution is 0.300. The number of piperazine rings is 1. The first-order valence-corrected chi connectivity index (χ1v) is 9.13. The number of likely N-dealkylation sites (N-methyl/N-ethyl adjacent to an activating group) is 1. The third-order valence-corrected chi connectivity index (χ3v) is 5.59. The average Bonchev–Trinajstić information content (AvgIpc) is 3.02. The van der Waals surface area contributed by atoms with Gasteiger partial charge in [-0.05, 0) is 44.2 Å². The SMILES string of the molecule is CN1CCN(c2ccc(CCc3ccc(CCO)s3)nc2)CC1. The lowest BCUT2D eigenvalue weighted by Crippen LogP contribution is -2.44. The van der Waals surface area contributed by atoms with E-state index in [4.69, 9.17) is 5.11 Å². The minimum absolute atomic E-state index is 0.231. The fourth-order valence-corrected chi connectivity index (χ4v) is 3.88. The highest BCUT2D eigenvalue weighted by atomic mass is 32.1. The van der Waals surface area contributed by atoms with Gasteiger partial charge < -0.3 is 14.9 Å². The van der Waals surface area contributed by atoms with Crippen LogP contribution in [-0.4, -0.2) is 54.8 Å². The number of hydrogen-bond donors (Lipinski definition) is 1. The van der Waals surface area contributed by atoms with E-state index >= 15 is 0 Å². The highest BCUT2D eigenvalue weighted by Gasteiger charge is 2.14. The number of aliphatic hydroxyl groups is 1. The van der Waals surface area contributed by atoms with Gasteiger partial charge in [-0.2, -0.15) is 0 Å². The Bertz CT molecular complexity index is 603. The Labute approximate surface area is 142 Å². The Morgan fingerprint density at radius 2 is 1.74 bits per heavy atom. The first kappa shape index (κ1) is 16.4. The van der Waals surface area contributed by atoms with Crippen molar-refractivity contribution in [2.45, 2.75) is 19.3 Å². The Morgan fingerprint density at radius 1 is 1.00 bits per heavy atom. The maximum absolute atomic E-state index is 8.97. The molecule has 1 N–H and O–H groups in total. The molecule has 124 valence electrons. The summed E-state index contributed by atoms with van der Waals surface area (Å²) >= 11 is 1.80. The Kier molecular flexibility index (Phi) is 5.65. The van der Waals surface area contributed by atoms with Crippen LogP contribution in [0.1, 0.15) is 15.4 Å². The van der Waals surface area contributed by atoms with Crippen LogP contribution in [0.3, 0.4) is 0 Å². The molecule has 1 fully saturated rings. The van der Waals surface area contributed by atoms with E-state index in [1.807, 2.05) is 6.20 Å². The van der Waals surface area contributed by atoms with Crippen molar-refractivity contribution in [2.24, 2.45) is 0 Å². The molecule has 3 rings (SSSR count). The van der Waals surface area contributed by atoms with E-state index in [0.29, 0.717) is 0 Å². The average molecular weight is 331 g/mol. The second-order valence-corrected chi connectivity index (χ2v) is 7.39. The third-order valence-electron chi connectivity index (χ3n) is 4.38. The fraction of sp³-hybridized carbons (Fsp3) is 0.500. The molecule has 2 aromatic heterocycles. The molecule has 1 aliphatic heterocycles. The number of pyridine rings is 1. The van der Waals surface area contributed by atoms with Crippen molar-refractivity contribution in [1.82, 2.24) is 9.88 Å².